The van der Waals surface area contributed by atoms with Gasteiger partial charge in [0, 0.05) is 19.8 Å². The third-order valence-electron chi connectivity index (χ3n) is 4.97. The molecule has 4 heteroatoms. The van der Waals surface area contributed by atoms with Crippen molar-refractivity contribution in [1.82, 2.24) is 5.32 Å². The van der Waals surface area contributed by atoms with Gasteiger partial charge in [0.2, 0.25) is 5.91 Å². The Bertz CT molecular complexity index is 329. The van der Waals surface area contributed by atoms with E-state index in [0.29, 0.717) is 37.4 Å². The van der Waals surface area contributed by atoms with Crippen molar-refractivity contribution in [2.75, 3.05) is 19.8 Å². The first-order chi connectivity index (χ1) is 9.46. The third-order valence-corrected chi connectivity index (χ3v) is 4.97. The van der Waals surface area contributed by atoms with E-state index in [1.54, 1.807) is 0 Å². The van der Waals surface area contributed by atoms with Gasteiger partial charge >= 0.3 is 0 Å². The third kappa shape index (κ3) is 3.73. The van der Waals surface area contributed by atoms with Gasteiger partial charge < -0.3 is 15.8 Å². The van der Waals surface area contributed by atoms with E-state index in [1.807, 2.05) is 0 Å². The lowest BCUT2D eigenvalue weighted by molar-refractivity contribution is -0.130. The second-order valence-corrected chi connectivity index (χ2v) is 7.26. The summed E-state index contributed by atoms with van der Waals surface area (Å²) in [6, 6.07) is 0. The number of nitrogens with two attached hydrogens (primary N) is 1. The summed E-state index contributed by atoms with van der Waals surface area (Å²) in [7, 11) is 0. The molecule has 1 aliphatic carbocycles. The Kier molecular flexibility index (Phi) is 5.08. The molecule has 2 aliphatic rings. The summed E-state index contributed by atoms with van der Waals surface area (Å²) in [6.07, 6.45) is 7.55. The molecule has 1 heterocycles. The summed E-state index contributed by atoms with van der Waals surface area (Å²) in [6.45, 7) is 6.53. The van der Waals surface area contributed by atoms with Gasteiger partial charge in [-0.3, -0.25) is 4.79 Å². The van der Waals surface area contributed by atoms with Gasteiger partial charge in [0.15, 0.2) is 0 Å². The maximum atomic E-state index is 12.4. The zero-order chi connectivity index (χ0) is 14.6. The monoisotopic (exact) mass is 282 g/mol. The molecule has 1 saturated heterocycles. The maximum absolute atomic E-state index is 12.4. The van der Waals surface area contributed by atoms with E-state index in [1.165, 1.54) is 32.1 Å². The van der Waals surface area contributed by atoms with Crippen LogP contribution in [0.15, 0.2) is 0 Å². The van der Waals surface area contributed by atoms with E-state index in [4.69, 9.17) is 10.5 Å². The van der Waals surface area contributed by atoms with Crippen molar-refractivity contribution in [3.63, 3.8) is 0 Å². The van der Waals surface area contributed by atoms with Crippen LogP contribution in [0.5, 0.6) is 0 Å². The summed E-state index contributed by atoms with van der Waals surface area (Å²) in [5.41, 5.74) is 5.84. The summed E-state index contributed by atoms with van der Waals surface area (Å²) in [5.74, 6) is 0.704. The Morgan fingerprint density at radius 3 is 2.35 bits per heavy atom. The van der Waals surface area contributed by atoms with Gasteiger partial charge in [0.25, 0.3) is 0 Å². The molecule has 3 N–H and O–H groups in total. The Hall–Kier alpha value is -0.610. The van der Waals surface area contributed by atoms with Crippen LogP contribution in [0.25, 0.3) is 0 Å². The summed E-state index contributed by atoms with van der Waals surface area (Å²) in [5, 5.41) is 3.16. The molecule has 116 valence electrons. The van der Waals surface area contributed by atoms with Crippen molar-refractivity contribution < 1.29 is 9.53 Å². The van der Waals surface area contributed by atoms with Gasteiger partial charge in [-0.1, -0.05) is 26.7 Å². The highest BCUT2D eigenvalue weighted by Gasteiger charge is 2.39. The smallest absolute Gasteiger partial charge is 0.240 e. The quantitative estimate of drug-likeness (QED) is 0.812. The molecule has 1 amide bonds. The highest BCUT2D eigenvalue weighted by atomic mass is 16.5. The van der Waals surface area contributed by atoms with Crippen molar-refractivity contribution in [3.8, 4) is 0 Å². The fraction of sp³-hybridized carbons (Fsp3) is 0.938. The Balaban J connectivity index is 1.90. The van der Waals surface area contributed by atoms with Crippen LogP contribution in [0.2, 0.25) is 0 Å². The first-order valence-electron chi connectivity index (χ1n) is 8.11. The zero-order valence-corrected chi connectivity index (χ0v) is 13.0. The predicted octanol–water partition coefficient (Wildman–Crippen LogP) is 2.22. The number of ether oxygens (including phenoxy) is 1. The second kappa shape index (κ2) is 6.44. The SMILES string of the molecule is CC(C)CC1(CNC(=O)C2(N)CCOCC2)CCCC1. The second-order valence-electron chi connectivity index (χ2n) is 7.26. The number of hydrogen-bond donors (Lipinski definition) is 2. The summed E-state index contributed by atoms with van der Waals surface area (Å²) < 4.78 is 5.31. The van der Waals surface area contributed by atoms with E-state index >= 15 is 0 Å². The number of amides is 1. The van der Waals surface area contributed by atoms with Crippen LogP contribution in [0.4, 0.5) is 0 Å². The van der Waals surface area contributed by atoms with Crippen LogP contribution in [-0.4, -0.2) is 31.2 Å². The minimum Gasteiger partial charge on any atom is -0.381 e. The molecule has 0 unspecified atom stereocenters. The number of rotatable bonds is 5. The average molecular weight is 282 g/mol. The molecule has 1 saturated carbocycles. The Morgan fingerprint density at radius 1 is 1.20 bits per heavy atom. The first kappa shape index (κ1) is 15.8. The number of carbonyl (C=O) groups excluding carboxylic acids is 1. The van der Waals surface area contributed by atoms with Gasteiger partial charge in [0.05, 0.1) is 5.54 Å². The molecule has 0 atom stereocenters. The van der Waals surface area contributed by atoms with Crippen molar-refractivity contribution in [3.05, 3.63) is 0 Å². The van der Waals surface area contributed by atoms with Crippen LogP contribution >= 0.6 is 0 Å². The zero-order valence-electron chi connectivity index (χ0n) is 13.0. The molecular weight excluding hydrogens is 252 g/mol. The van der Waals surface area contributed by atoms with Gasteiger partial charge in [-0.05, 0) is 43.4 Å². The number of hydrogen-bond acceptors (Lipinski definition) is 3. The number of nitrogens with one attached hydrogen (secondary N) is 1. The summed E-state index contributed by atoms with van der Waals surface area (Å²) in [4.78, 5) is 12.4. The minimum atomic E-state index is -0.712. The van der Waals surface area contributed by atoms with Crippen LogP contribution < -0.4 is 11.1 Å². The molecule has 2 rings (SSSR count). The van der Waals surface area contributed by atoms with Crippen molar-refractivity contribution in [2.24, 2.45) is 17.1 Å². The normalized spacial score (nSPS) is 24.8. The summed E-state index contributed by atoms with van der Waals surface area (Å²) >= 11 is 0. The largest absolute Gasteiger partial charge is 0.381 e. The van der Waals surface area contributed by atoms with E-state index in [-0.39, 0.29) is 5.91 Å². The van der Waals surface area contributed by atoms with Gasteiger partial charge in [0.1, 0.15) is 0 Å². The Labute approximate surface area is 122 Å². The molecule has 1 aliphatic heterocycles. The van der Waals surface area contributed by atoms with E-state index < -0.39 is 5.54 Å². The van der Waals surface area contributed by atoms with Gasteiger partial charge in [-0.2, -0.15) is 0 Å². The lowest BCUT2D eigenvalue weighted by Gasteiger charge is -2.35. The highest BCUT2D eigenvalue weighted by Crippen LogP contribution is 2.42. The van der Waals surface area contributed by atoms with Gasteiger partial charge in [-0.15, -0.1) is 0 Å². The molecule has 0 aromatic carbocycles. The van der Waals surface area contributed by atoms with Gasteiger partial charge in [-0.25, -0.2) is 0 Å². The maximum Gasteiger partial charge on any atom is 0.240 e. The van der Waals surface area contributed by atoms with Crippen LogP contribution in [0.1, 0.15) is 58.8 Å². The van der Waals surface area contributed by atoms with Crippen LogP contribution in [-0.2, 0) is 9.53 Å². The predicted molar refractivity (Wildman–Crippen MR) is 80.3 cm³/mol. The number of carbonyl (C=O) groups is 1. The van der Waals surface area contributed by atoms with Crippen LogP contribution in [0.3, 0.4) is 0 Å². The fourth-order valence-corrected chi connectivity index (χ4v) is 3.85. The minimum absolute atomic E-state index is 0.0239. The molecule has 0 aromatic rings. The molecule has 0 bridgehead atoms. The molecule has 0 aromatic heterocycles. The van der Waals surface area contributed by atoms with Crippen molar-refractivity contribution in [2.45, 2.75) is 64.3 Å². The molecule has 2 fully saturated rings. The lowest BCUT2D eigenvalue weighted by atomic mass is 9.78. The lowest BCUT2D eigenvalue weighted by Crippen LogP contribution is -2.58. The highest BCUT2D eigenvalue weighted by molar-refractivity contribution is 5.86. The molecular formula is C16H30N2O2. The molecule has 20 heavy (non-hydrogen) atoms. The fourth-order valence-electron chi connectivity index (χ4n) is 3.85. The molecule has 0 spiro atoms. The Morgan fingerprint density at radius 2 is 1.80 bits per heavy atom. The average Bonchev–Trinajstić information content (AvgIpc) is 2.85. The van der Waals surface area contributed by atoms with E-state index in [0.717, 1.165) is 6.54 Å². The van der Waals surface area contributed by atoms with Crippen molar-refractivity contribution >= 4 is 5.91 Å². The standard InChI is InChI=1S/C16H30N2O2/c1-13(2)11-15(5-3-4-6-15)12-18-14(19)16(17)7-9-20-10-8-16/h13H,3-12,17H2,1-2H3,(H,18,19). The molecule has 0 radical (unpaired) electrons. The van der Waals surface area contributed by atoms with Crippen molar-refractivity contribution in [1.29, 1.82) is 0 Å². The van der Waals surface area contributed by atoms with Crippen LogP contribution in [0, 0.1) is 11.3 Å². The van der Waals surface area contributed by atoms with E-state index in [2.05, 4.69) is 19.2 Å². The topological polar surface area (TPSA) is 64.4 Å². The first-order valence-corrected chi connectivity index (χ1v) is 8.11. The molecule has 4 nitrogen and oxygen atoms in total. The van der Waals surface area contributed by atoms with E-state index in [9.17, 15) is 4.79 Å².